The highest BCUT2D eigenvalue weighted by Crippen LogP contribution is 2.25. The van der Waals surface area contributed by atoms with Gasteiger partial charge in [-0.2, -0.15) is 5.10 Å². The minimum Gasteiger partial charge on any atom is -0.492 e. The van der Waals surface area contributed by atoms with E-state index in [4.69, 9.17) is 9.47 Å². The van der Waals surface area contributed by atoms with E-state index in [2.05, 4.69) is 21.2 Å². The Kier molecular flexibility index (Phi) is 4.52. The van der Waals surface area contributed by atoms with E-state index < -0.39 is 0 Å². The van der Waals surface area contributed by atoms with Gasteiger partial charge in [-0.05, 0) is 36.8 Å². The average Bonchev–Trinajstić information content (AvgIpc) is 2.95. The summed E-state index contributed by atoms with van der Waals surface area (Å²) < 4.78 is 11.2. The quantitative estimate of drug-likeness (QED) is 0.912. The monoisotopic (exact) mass is 286 g/mol. The molecule has 0 spiro atoms. The van der Waals surface area contributed by atoms with Crippen LogP contribution in [0.3, 0.4) is 0 Å². The molecule has 1 N–H and O–H groups in total. The number of hydrogen-bond donors (Lipinski definition) is 1. The van der Waals surface area contributed by atoms with Crippen LogP contribution >= 0.6 is 0 Å². The highest BCUT2D eigenvalue weighted by molar-refractivity contribution is 5.66. The fourth-order valence-corrected chi connectivity index (χ4v) is 2.46. The molecule has 1 aromatic heterocycles. The lowest BCUT2D eigenvalue weighted by atomic mass is 10.1. The van der Waals surface area contributed by atoms with Gasteiger partial charge in [0.25, 0.3) is 0 Å². The second-order valence-corrected chi connectivity index (χ2v) is 5.14. The number of ether oxygens (including phenoxy) is 2. The molecule has 1 fully saturated rings. The van der Waals surface area contributed by atoms with Crippen LogP contribution in [0.5, 0.6) is 5.75 Å². The van der Waals surface area contributed by atoms with Crippen molar-refractivity contribution in [3.8, 4) is 16.9 Å². The van der Waals surface area contributed by atoms with Crippen molar-refractivity contribution in [2.45, 2.75) is 6.92 Å². The van der Waals surface area contributed by atoms with Crippen molar-refractivity contribution in [3.63, 3.8) is 0 Å². The van der Waals surface area contributed by atoms with Gasteiger partial charge in [0.15, 0.2) is 0 Å². The zero-order chi connectivity index (χ0) is 14.5. The van der Waals surface area contributed by atoms with Crippen molar-refractivity contribution in [1.82, 2.24) is 15.1 Å². The molecule has 21 heavy (non-hydrogen) atoms. The Morgan fingerprint density at radius 2 is 2.24 bits per heavy atom. The first kappa shape index (κ1) is 14.1. The highest BCUT2D eigenvalue weighted by atomic mass is 16.5. The number of aryl methyl sites for hydroxylation is 1. The maximum absolute atomic E-state index is 5.84. The maximum atomic E-state index is 5.84. The molecule has 0 bridgehead atoms. The lowest BCUT2D eigenvalue weighted by Gasteiger charge is -2.26. The number of rotatable bonds is 5. The largest absolute Gasteiger partial charge is 0.492 e. The topological polar surface area (TPSA) is 50.4 Å². The van der Waals surface area contributed by atoms with E-state index in [1.165, 1.54) is 0 Å². The summed E-state index contributed by atoms with van der Waals surface area (Å²) in [5, 5.41) is 7.03. The highest BCUT2D eigenvalue weighted by Gasteiger charge is 2.10. The number of morpholine rings is 1. The molecule has 1 saturated heterocycles. The molecule has 3 rings (SSSR count). The zero-order valence-electron chi connectivity index (χ0n) is 12.3. The summed E-state index contributed by atoms with van der Waals surface area (Å²) in [7, 11) is 0. The van der Waals surface area contributed by atoms with Crippen LogP contribution in [0.25, 0.3) is 11.1 Å². The minimum absolute atomic E-state index is 0.682. The van der Waals surface area contributed by atoms with Gasteiger partial charge in [-0.15, -0.1) is 0 Å². The standard InChI is InChI=1S/C16H20N3O2/c1-13-16(12-17-18-13)14-3-2-4-15(11-14)21-10-7-19-5-8-20-9-6-19/h3-4,11-12H,5-10H2,1H3,(H,17,18). The molecule has 0 atom stereocenters. The van der Waals surface area contributed by atoms with Crippen LogP contribution in [0.2, 0.25) is 0 Å². The number of hydrogen-bond acceptors (Lipinski definition) is 4. The van der Waals surface area contributed by atoms with E-state index in [0.717, 1.165) is 55.4 Å². The third-order valence-corrected chi connectivity index (χ3v) is 3.68. The molecule has 1 radical (unpaired) electrons. The van der Waals surface area contributed by atoms with Crippen LogP contribution in [0, 0.1) is 13.0 Å². The van der Waals surface area contributed by atoms with Crippen molar-refractivity contribution >= 4 is 0 Å². The lowest BCUT2D eigenvalue weighted by Crippen LogP contribution is -2.38. The summed E-state index contributed by atoms with van der Waals surface area (Å²) in [4.78, 5) is 2.36. The third kappa shape index (κ3) is 3.62. The van der Waals surface area contributed by atoms with Gasteiger partial charge in [0.1, 0.15) is 12.4 Å². The molecule has 0 unspecified atom stereocenters. The van der Waals surface area contributed by atoms with Crippen molar-refractivity contribution in [2.75, 3.05) is 39.5 Å². The third-order valence-electron chi connectivity index (χ3n) is 3.68. The van der Waals surface area contributed by atoms with Crippen molar-refractivity contribution in [2.24, 2.45) is 0 Å². The van der Waals surface area contributed by atoms with Crippen LogP contribution in [0.15, 0.2) is 24.4 Å². The first-order valence-corrected chi connectivity index (χ1v) is 7.28. The van der Waals surface area contributed by atoms with Crippen LogP contribution in [0.1, 0.15) is 5.69 Å². The van der Waals surface area contributed by atoms with Crippen LogP contribution < -0.4 is 4.74 Å². The smallest absolute Gasteiger partial charge is 0.120 e. The summed E-state index contributed by atoms with van der Waals surface area (Å²) in [5.74, 6) is 0.848. The Morgan fingerprint density at radius 1 is 1.38 bits per heavy atom. The molecule has 1 aromatic carbocycles. The molecular weight excluding hydrogens is 266 g/mol. The number of benzene rings is 1. The van der Waals surface area contributed by atoms with E-state index in [0.29, 0.717) is 6.61 Å². The van der Waals surface area contributed by atoms with E-state index in [-0.39, 0.29) is 0 Å². The van der Waals surface area contributed by atoms with E-state index in [1.54, 1.807) is 0 Å². The molecule has 0 amide bonds. The SMILES string of the molecule is Cc1n[nH]cc1-c1c[c]cc(OCCN2CCOCC2)c1. The van der Waals surface area contributed by atoms with Crippen molar-refractivity contribution in [1.29, 1.82) is 0 Å². The molecular formula is C16H20N3O2. The normalized spacial score (nSPS) is 16.0. The Bertz CT molecular complexity index is 576. The number of nitrogens with one attached hydrogen (secondary N) is 1. The van der Waals surface area contributed by atoms with Crippen LogP contribution in [-0.4, -0.2) is 54.6 Å². The molecule has 111 valence electrons. The Balaban J connectivity index is 1.57. The first-order valence-electron chi connectivity index (χ1n) is 7.28. The predicted molar refractivity (Wildman–Crippen MR) is 80.4 cm³/mol. The van der Waals surface area contributed by atoms with Gasteiger partial charge in [0.05, 0.1) is 18.9 Å². The molecule has 5 nitrogen and oxygen atoms in total. The number of aromatic amines is 1. The Morgan fingerprint density at radius 3 is 3.00 bits per heavy atom. The van der Waals surface area contributed by atoms with Gasteiger partial charge >= 0.3 is 0 Å². The van der Waals surface area contributed by atoms with Gasteiger partial charge in [0.2, 0.25) is 0 Å². The second-order valence-electron chi connectivity index (χ2n) is 5.14. The molecule has 1 aliphatic rings. The number of aromatic nitrogens is 2. The van der Waals surface area contributed by atoms with E-state index >= 15 is 0 Å². The Hall–Kier alpha value is -1.85. The van der Waals surface area contributed by atoms with Crippen LogP contribution in [-0.2, 0) is 4.74 Å². The first-order chi connectivity index (χ1) is 10.3. The van der Waals surface area contributed by atoms with Gasteiger partial charge in [0, 0.05) is 31.4 Å². The number of nitrogens with zero attached hydrogens (tertiary/aromatic N) is 2. The van der Waals surface area contributed by atoms with Crippen molar-refractivity contribution in [3.05, 3.63) is 36.2 Å². The van der Waals surface area contributed by atoms with Gasteiger partial charge in [-0.3, -0.25) is 10.00 Å². The molecule has 2 heterocycles. The predicted octanol–water partition coefficient (Wildman–Crippen LogP) is 1.90. The summed E-state index contributed by atoms with van der Waals surface area (Å²) >= 11 is 0. The zero-order valence-corrected chi connectivity index (χ0v) is 12.3. The lowest BCUT2D eigenvalue weighted by molar-refractivity contribution is 0.0322. The van der Waals surface area contributed by atoms with E-state index in [9.17, 15) is 0 Å². The summed E-state index contributed by atoms with van der Waals surface area (Å²) in [6.07, 6.45) is 1.90. The summed E-state index contributed by atoms with van der Waals surface area (Å²) in [6.45, 7) is 7.22. The molecule has 1 aliphatic heterocycles. The summed E-state index contributed by atoms with van der Waals surface area (Å²) in [5.41, 5.74) is 3.14. The van der Waals surface area contributed by atoms with E-state index in [1.807, 2.05) is 31.3 Å². The van der Waals surface area contributed by atoms with Gasteiger partial charge < -0.3 is 9.47 Å². The second kappa shape index (κ2) is 6.74. The number of H-pyrrole nitrogens is 1. The van der Waals surface area contributed by atoms with Crippen LogP contribution in [0.4, 0.5) is 0 Å². The fourth-order valence-electron chi connectivity index (χ4n) is 2.46. The summed E-state index contributed by atoms with van der Waals surface area (Å²) in [6, 6.07) is 8.99. The Labute approximate surface area is 124 Å². The van der Waals surface area contributed by atoms with Gasteiger partial charge in [-0.25, -0.2) is 0 Å². The average molecular weight is 286 g/mol. The molecule has 0 saturated carbocycles. The van der Waals surface area contributed by atoms with Crippen molar-refractivity contribution < 1.29 is 9.47 Å². The minimum atomic E-state index is 0.682. The van der Waals surface area contributed by atoms with Gasteiger partial charge in [-0.1, -0.05) is 0 Å². The molecule has 0 aliphatic carbocycles. The fraction of sp³-hybridized carbons (Fsp3) is 0.438. The molecule has 5 heteroatoms. The maximum Gasteiger partial charge on any atom is 0.120 e. The molecule has 2 aromatic rings.